The predicted octanol–water partition coefficient (Wildman–Crippen LogP) is 22.0. The number of hydrogen-bond acceptors (Lipinski definition) is 8. The number of carbonyl (C=O) groups excluding carboxylic acids is 2. The van der Waals surface area contributed by atoms with E-state index in [2.05, 4.69) is 111 Å². The van der Waals surface area contributed by atoms with Gasteiger partial charge in [-0.1, -0.05) is 317 Å². The molecule has 0 radical (unpaired) electrons. The van der Waals surface area contributed by atoms with Crippen LogP contribution in [0.2, 0.25) is 0 Å². The Balaban J connectivity index is 3.95. The molecule has 81 heavy (non-hydrogen) atoms. The summed E-state index contributed by atoms with van der Waals surface area (Å²) in [4.78, 5) is 35.3. The molecule has 0 amide bonds. The number of rotatable bonds is 63. The second-order valence-electron chi connectivity index (χ2n) is 22.3. The Hall–Kier alpha value is -3.07. The Bertz CT molecular complexity index is 1650. The van der Waals surface area contributed by atoms with Crippen LogP contribution >= 0.6 is 7.82 Å². The predicted molar refractivity (Wildman–Crippen MR) is 348 cm³/mol. The monoisotopic (exact) mass is 1150 g/mol. The fourth-order valence-electron chi connectivity index (χ4n) is 9.54. The summed E-state index contributed by atoms with van der Waals surface area (Å²) in [5.74, 6) is -0.838. The molecule has 0 aromatic heterocycles. The van der Waals surface area contributed by atoms with Crippen molar-refractivity contribution in [2.24, 2.45) is 5.73 Å². The number of hydrogen-bond donors (Lipinski definition) is 2. The molecular formula is C71H126NO8P. The molecule has 0 aliphatic carbocycles. The number of esters is 2. The molecular weight excluding hydrogens is 1030 g/mol. The first-order valence-corrected chi connectivity index (χ1v) is 35.2. The molecule has 3 N–H and O–H groups in total. The summed E-state index contributed by atoms with van der Waals surface area (Å²) in [6.45, 7) is 3.65. The van der Waals surface area contributed by atoms with Crippen LogP contribution < -0.4 is 5.73 Å². The summed E-state index contributed by atoms with van der Waals surface area (Å²) in [6, 6.07) is 0. The number of ether oxygens (including phenoxy) is 2. The molecule has 0 bridgehead atoms. The van der Waals surface area contributed by atoms with Crippen molar-refractivity contribution in [2.75, 3.05) is 26.4 Å². The van der Waals surface area contributed by atoms with Gasteiger partial charge in [0.2, 0.25) is 0 Å². The van der Waals surface area contributed by atoms with Gasteiger partial charge in [-0.3, -0.25) is 18.6 Å². The van der Waals surface area contributed by atoms with E-state index in [0.717, 1.165) is 109 Å². The first-order chi connectivity index (χ1) is 39.8. The van der Waals surface area contributed by atoms with Crippen LogP contribution in [0.5, 0.6) is 0 Å². The summed E-state index contributed by atoms with van der Waals surface area (Å²) in [5, 5.41) is 0. The zero-order chi connectivity index (χ0) is 58.7. The quantitative estimate of drug-likeness (QED) is 0.0264. The van der Waals surface area contributed by atoms with Crippen molar-refractivity contribution in [3.63, 3.8) is 0 Å². The highest BCUT2D eigenvalue weighted by molar-refractivity contribution is 7.47. The molecule has 0 rings (SSSR count). The summed E-state index contributed by atoms with van der Waals surface area (Å²) >= 11 is 0. The zero-order valence-corrected chi connectivity index (χ0v) is 53.4. The van der Waals surface area contributed by atoms with Gasteiger partial charge in [-0.2, -0.15) is 0 Å². The smallest absolute Gasteiger partial charge is 0.462 e. The number of phosphoric ester groups is 1. The van der Waals surface area contributed by atoms with E-state index in [1.54, 1.807) is 0 Å². The van der Waals surface area contributed by atoms with Gasteiger partial charge in [0, 0.05) is 19.4 Å². The van der Waals surface area contributed by atoms with Crippen molar-refractivity contribution in [3.8, 4) is 0 Å². The van der Waals surface area contributed by atoms with Crippen LogP contribution in [-0.4, -0.2) is 49.3 Å². The fraction of sp³-hybridized carbons (Fsp3) is 0.746. The van der Waals surface area contributed by atoms with E-state index in [1.807, 2.05) is 0 Å². The van der Waals surface area contributed by atoms with Crippen molar-refractivity contribution < 1.29 is 37.6 Å². The average Bonchev–Trinajstić information content (AvgIpc) is 3.46. The van der Waals surface area contributed by atoms with E-state index in [4.69, 9.17) is 24.3 Å². The molecule has 468 valence electrons. The van der Waals surface area contributed by atoms with E-state index < -0.39 is 26.5 Å². The molecule has 0 saturated carbocycles. The number of nitrogens with two attached hydrogens (primary N) is 1. The van der Waals surface area contributed by atoms with Crippen molar-refractivity contribution in [3.05, 3.63) is 97.2 Å². The molecule has 0 spiro atoms. The highest BCUT2D eigenvalue weighted by atomic mass is 31.2. The number of unbranched alkanes of at least 4 members (excludes halogenated alkanes) is 34. The summed E-state index contributed by atoms with van der Waals surface area (Å²) in [7, 11) is -4.40. The maximum absolute atomic E-state index is 12.7. The second-order valence-corrected chi connectivity index (χ2v) is 23.8. The van der Waals surface area contributed by atoms with Crippen LogP contribution in [-0.2, 0) is 32.7 Å². The highest BCUT2D eigenvalue weighted by Gasteiger charge is 2.26. The third-order valence-electron chi connectivity index (χ3n) is 14.5. The Morgan fingerprint density at radius 1 is 0.383 bits per heavy atom. The zero-order valence-electron chi connectivity index (χ0n) is 52.5. The standard InChI is InChI=1S/C71H126NO8P/c1-3-5-7-9-11-13-15-17-19-21-23-25-27-29-31-33-34-36-38-40-42-44-46-48-50-52-54-56-58-60-62-64-71(74)80-69(68-79-81(75,76)78-66-65-72)67-77-70(73)63-61-59-57-55-53-51-49-47-45-43-41-39-37-35-32-30-28-26-24-22-20-18-16-14-12-10-8-6-4-2/h5,7,11,13,17,19,23,25,29,31,34,36,40,42,46,48,69H,3-4,6,8-10,12,14-16,18,20-22,24,26-28,30,32-33,35,37-39,41,43-45,47,49-68,72H2,1-2H3,(H,75,76)/b7-5-,13-11-,19-17-,25-23-,31-29-,36-34-,42-40-,48-46-. The lowest BCUT2D eigenvalue weighted by atomic mass is 10.0. The Morgan fingerprint density at radius 2 is 0.679 bits per heavy atom. The minimum Gasteiger partial charge on any atom is -0.462 e. The normalized spacial score (nSPS) is 13.6. The lowest BCUT2D eigenvalue weighted by molar-refractivity contribution is -0.161. The van der Waals surface area contributed by atoms with E-state index in [0.29, 0.717) is 6.42 Å². The third-order valence-corrected chi connectivity index (χ3v) is 15.5. The molecule has 0 aliphatic heterocycles. The minimum absolute atomic E-state index is 0.0474. The molecule has 0 aromatic rings. The van der Waals surface area contributed by atoms with Gasteiger partial charge in [-0.25, -0.2) is 4.57 Å². The fourth-order valence-corrected chi connectivity index (χ4v) is 10.3. The molecule has 0 heterocycles. The Kier molecular flexibility index (Phi) is 63.6. The van der Waals surface area contributed by atoms with Gasteiger partial charge in [0.1, 0.15) is 6.61 Å². The first-order valence-electron chi connectivity index (χ1n) is 33.7. The van der Waals surface area contributed by atoms with Crippen LogP contribution in [0.1, 0.15) is 309 Å². The molecule has 9 nitrogen and oxygen atoms in total. The first kappa shape index (κ1) is 77.9. The molecule has 0 aromatic carbocycles. The van der Waals surface area contributed by atoms with Crippen molar-refractivity contribution in [2.45, 2.75) is 315 Å². The van der Waals surface area contributed by atoms with E-state index in [-0.39, 0.29) is 38.6 Å². The van der Waals surface area contributed by atoms with Gasteiger partial charge >= 0.3 is 19.8 Å². The Labute approximate surface area is 499 Å². The molecule has 0 saturated heterocycles. The third kappa shape index (κ3) is 65.9. The summed E-state index contributed by atoms with van der Waals surface area (Å²) in [5.41, 5.74) is 5.40. The van der Waals surface area contributed by atoms with Crippen LogP contribution in [0.15, 0.2) is 97.2 Å². The van der Waals surface area contributed by atoms with Gasteiger partial charge in [0.05, 0.1) is 13.2 Å². The molecule has 0 aliphatic rings. The average molecular weight is 1150 g/mol. The van der Waals surface area contributed by atoms with Crippen LogP contribution in [0, 0.1) is 0 Å². The maximum atomic E-state index is 12.7. The largest absolute Gasteiger partial charge is 0.472 e. The van der Waals surface area contributed by atoms with Crippen LogP contribution in [0.4, 0.5) is 0 Å². The second kappa shape index (κ2) is 66.1. The van der Waals surface area contributed by atoms with Gasteiger partial charge in [-0.15, -0.1) is 0 Å². The maximum Gasteiger partial charge on any atom is 0.472 e. The van der Waals surface area contributed by atoms with Crippen molar-refractivity contribution in [1.82, 2.24) is 0 Å². The summed E-state index contributed by atoms with van der Waals surface area (Å²) < 4.78 is 33.1. The molecule has 2 unspecified atom stereocenters. The number of phosphoric acid groups is 1. The van der Waals surface area contributed by atoms with Crippen LogP contribution in [0.25, 0.3) is 0 Å². The molecule has 2 atom stereocenters. The van der Waals surface area contributed by atoms with E-state index >= 15 is 0 Å². The Morgan fingerprint density at radius 3 is 1.01 bits per heavy atom. The molecule has 10 heteroatoms. The van der Waals surface area contributed by atoms with Crippen LogP contribution in [0.3, 0.4) is 0 Å². The SMILES string of the molecule is CC/C=C\C/C=C\C/C=C\C/C=C\C/C=C\C/C=C\C/C=C\C/C=C\CCCCCCCCC(=O)OC(COC(=O)CCCCCCCCCCCCCCCCCCCCCCCCCCCCCCC)COP(=O)(O)OCCN. The van der Waals surface area contributed by atoms with Gasteiger partial charge in [0.25, 0.3) is 0 Å². The van der Waals surface area contributed by atoms with Gasteiger partial charge < -0.3 is 20.1 Å². The summed E-state index contributed by atoms with van der Waals surface area (Å²) in [6.07, 6.45) is 89.2. The lowest BCUT2D eigenvalue weighted by Gasteiger charge is -2.19. The van der Waals surface area contributed by atoms with Crippen molar-refractivity contribution in [1.29, 1.82) is 0 Å². The van der Waals surface area contributed by atoms with Gasteiger partial charge in [-0.05, 0) is 77.0 Å². The van der Waals surface area contributed by atoms with Gasteiger partial charge in [0.15, 0.2) is 6.10 Å². The minimum atomic E-state index is -4.40. The molecule has 0 fully saturated rings. The topological polar surface area (TPSA) is 134 Å². The van der Waals surface area contributed by atoms with Crippen molar-refractivity contribution >= 4 is 19.8 Å². The van der Waals surface area contributed by atoms with E-state index in [1.165, 1.54) is 167 Å². The lowest BCUT2D eigenvalue weighted by Crippen LogP contribution is -2.29. The highest BCUT2D eigenvalue weighted by Crippen LogP contribution is 2.43. The number of allylic oxidation sites excluding steroid dienone is 16. The number of carbonyl (C=O) groups is 2. The van der Waals surface area contributed by atoms with E-state index in [9.17, 15) is 19.0 Å².